The minimum atomic E-state index is -0.139. The van der Waals surface area contributed by atoms with Gasteiger partial charge in [-0.3, -0.25) is 9.59 Å². The van der Waals surface area contributed by atoms with Crippen LogP contribution in [0.1, 0.15) is 30.1 Å². The summed E-state index contributed by atoms with van der Waals surface area (Å²) in [6, 6.07) is 15.4. The number of aryl methyl sites for hydroxylation is 1. The Morgan fingerprint density at radius 3 is 2.58 bits per heavy atom. The van der Waals surface area contributed by atoms with Crippen molar-refractivity contribution >= 4 is 34.1 Å². The fourth-order valence-electron chi connectivity index (χ4n) is 3.63. The zero-order valence-electron chi connectivity index (χ0n) is 14.9. The van der Waals surface area contributed by atoms with Crippen LogP contribution in [0, 0.1) is 0 Å². The molecule has 132 valence electrons. The summed E-state index contributed by atoms with van der Waals surface area (Å²) in [7, 11) is 1.96. The number of rotatable bonds is 3. The molecule has 2 heterocycles. The van der Waals surface area contributed by atoms with Crippen LogP contribution in [0.4, 0.5) is 11.4 Å². The molecule has 1 atom stereocenters. The summed E-state index contributed by atoms with van der Waals surface area (Å²) >= 11 is 0. The number of fused-ring (bicyclic) bond motifs is 1. The Hall–Kier alpha value is -3.08. The van der Waals surface area contributed by atoms with Crippen molar-refractivity contribution < 1.29 is 9.59 Å². The van der Waals surface area contributed by atoms with Crippen LogP contribution in [0.3, 0.4) is 0 Å². The van der Waals surface area contributed by atoms with Crippen molar-refractivity contribution in [1.82, 2.24) is 4.57 Å². The van der Waals surface area contributed by atoms with Crippen LogP contribution in [0.15, 0.2) is 54.7 Å². The van der Waals surface area contributed by atoms with Gasteiger partial charge in [0.05, 0.1) is 0 Å². The molecule has 5 nitrogen and oxygen atoms in total. The van der Waals surface area contributed by atoms with E-state index in [1.807, 2.05) is 71.2 Å². The summed E-state index contributed by atoms with van der Waals surface area (Å²) in [5, 5.41) is 3.88. The zero-order chi connectivity index (χ0) is 18.3. The van der Waals surface area contributed by atoms with Gasteiger partial charge in [-0.15, -0.1) is 0 Å². The quantitative estimate of drug-likeness (QED) is 0.780. The number of nitrogens with one attached hydrogen (secondary N) is 1. The molecule has 2 amide bonds. The van der Waals surface area contributed by atoms with E-state index in [0.717, 1.165) is 23.0 Å². The fraction of sp³-hybridized carbons (Fsp3) is 0.238. The molecule has 1 aromatic heterocycles. The first-order valence-electron chi connectivity index (χ1n) is 8.82. The number of benzene rings is 2. The van der Waals surface area contributed by atoms with E-state index in [9.17, 15) is 9.59 Å². The van der Waals surface area contributed by atoms with Gasteiger partial charge in [-0.1, -0.05) is 6.07 Å². The smallest absolute Gasteiger partial charge is 0.256 e. The molecule has 1 aliphatic heterocycles. The largest absolute Gasteiger partial charge is 0.351 e. The number of carbonyl (C=O) groups is 2. The molecule has 0 spiro atoms. The number of hydrogen-bond donors (Lipinski definition) is 1. The van der Waals surface area contributed by atoms with Crippen LogP contribution in [0.25, 0.3) is 10.9 Å². The van der Waals surface area contributed by atoms with Gasteiger partial charge in [-0.2, -0.15) is 0 Å². The molecule has 0 radical (unpaired) electrons. The van der Waals surface area contributed by atoms with Crippen LogP contribution in [0.2, 0.25) is 0 Å². The van der Waals surface area contributed by atoms with Crippen LogP contribution < -0.4 is 10.2 Å². The van der Waals surface area contributed by atoms with Crippen LogP contribution in [0.5, 0.6) is 0 Å². The van der Waals surface area contributed by atoms with Gasteiger partial charge in [0.1, 0.15) is 0 Å². The lowest BCUT2D eigenvalue weighted by Crippen LogP contribution is -2.30. The average molecular weight is 347 g/mol. The Morgan fingerprint density at radius 1 is 1.12 bits per heavy atom. The third-order valence-corrected chi connectivity index (χ3v) is 5.06. The molecule has 1 N–H and O–H groups in total. The van der Waals surface area contributed by atoms with Crippen LogP contribution in [-0.2, 0) is 11.8 Å². The molecule has 5 heteroatoms. The Bertz CT molecular complexity index is 988. The summed E-state index contributed by atoms with van der Waals surface area (Å²) in [5.41, 5.74) is 3.26. The topological polar surface area (TPSA) is 54.3 Å². The van der Waals surface area contributed by atoms with E-state index in [4.69, 9.17) is 0 Å². The first-order valence-corrected chi connectivity index (χ1v) is 8.82. The van der Waals surface area contributed by atoms with Crippen molar-refractivity contribution in [2.75, 3.05) is 10.2 Å². The maximum absolute atomic E-state index is 12.7. The number of carbonyl (C=O) groups excluding carboxylic acids is 2. The van der Waals surface area contributed by atoms with Gasteiger partial charge in [0.15, 0.2) is 0 Å². The highest BCUT2D eigenvalue weighted by Crippen LogP contribution is 2.28. The van der Waals surface area contributed by atoms with Crippen molar-refractivity contribution in [3.8, 4) is 0 Å². The Morgan fingerprint density at radius 2 is 1.88 bits per heavy atom. The third kappa shape index (κ3) is 2.75. The number of hydrogen-bond acceptors (Lipinski definition) is 2. The predicted octanol–water partition coefficient (Wildman–Crippen LogP) is 3.95. The van der Waals surface area contributed by atoms with Gasteiger partial charge in [-0.25, -0.2) is 0 Å². The van der Waals surface area contributed by atoms with Gasteiger partial charge in [0, 0.05) is 53.5 Å². The highest BCUT2D eigenvalue weighted by atomic mass is 16.2. The molecular weight excluding hydrogens is 326 g/mol. The van der Waals surface area contributed by atoms with Crippen molar-refractivity contribution in [1.29, 1.82) is 0 Å². The first-order chi connectivity index (χ1) is 12.5. The summed E-state index contributed by atoms with van der Waals surface area (Å²) in [6.45, 7) is 2.06. The SMILES string of the molecule is CC1CCC(=O)N1c1ccc(NC(=O)c2cccc3c2ccn3C)cc1. The lowest BCUT2D eigenvalue weighted by Gasteiger charge is -2.22. The van der Waals surface area contributed by atoms with E-state index < -0.39 is 0 Å². The molecule has 1 fully saturated rings. The molecule has 0 aliphatic carbocycles. The highest BCUT2D eigenvalue weighted by Gasteiger charge is 2.28. The lowest BCUT2D eigenvalue weighted by atomic mass is 10.1. The average Bonchev–Trinajstić information content (AvgIpc) is 3.18. The standard InChI is InChI=1S/C21H21N3O2/c1-14-6-11-20(25)24(14)16-9-7-15(8-10-16)22-21(26)18-4-3-5-19-17(18)12-13-23(19)2/h3-5,7-10,12-14H,6,11H2,1-2H3,(H,22,26). The monoisotopic (exact) mass is 347 g/mol. The normalized spacial score (nSPS) is 17.1. The molecule has 0 saturated carbocycles. The van der Waals surface area contributed by atoms with E-state index in [-0.39, 0.29) is 17.9 Å². The molecule has 1 aliphatic rings. The molecule has 3 aromatic rings. The van der Waals surface area contributed by atoms with Gasteiger partial charge in [0.2, 0.25) is 5.91 Å². The molecule has 4 rings (SSSR count). The first kappa shape index (κ1) is 16.4. The Kier molecular flexibility index (Phi) is 3.99. The summed E-state index contributed by atoms with van der Waals surface area (Å²) in [4.78, 5) is 26.5. The second-order valence-electron chi connectivity index (χ2n) is 6.82. The van der Waals surface area contributed by atoms with Crippen molar-refractivity contribution in [3.63, 3.8) is 0 Å². The Labute approximate surface area is 152 Å². The van der Waals surface area contributed by atoms with E-state index in [0.29, 0.717) is 17.7 Å². The maximum Gasteiger partial charge on any atom is 0.256 e. The molecule has 26 heavy (non-hydrogen) atoms. The maximum atomic E-state index is 12.7. The Balaban J connectivity index is 1.55. The van der Waals surface area contributed by atoms with Gasteiger partial charge < -0.3 is 14.8 Å². The fourth-order valence-corrected chi connectivity index (χ4v) is 3.63. The van der Waals surface area contributed by atoms with E-state index in [1.54, 1.807) is 0 Å². The van der Waals surface area contributed by atoms with Crippen LogP contribution >= 0.6 is 0 Å². The number of amides is 2. The minimum absolute atomic E-state index is 0.139. The minimum Gasteiger partial charge on any atom is -0.351 e. The molecule has 0 bridgehead atoms. The molecule has 2 aromatic carbocycles. The third-order valence-electron chi connectivity index (χ3n) is 5.06. The van der Waals surface area contributed by atoms with Gasteiger partial charge >= 0.3 is 0 Å². The van der Waals surface area contributed by atoms with Crippen molar-refractivity contribution in [3.05, 3.63) is 60.3 Å². The van der Waals surface area contributed by atoms with Crippen LogP contribution in [-0.4, -0.2) is 22.4 Å². The van der Waals surface area contributed by atoms with E-state index in [1.165, 1.54) is 0 Å². The second kappa shape index (κ2) is 6.33. The van der Waals surface area contributed by atoms with Gasteiger partial charge in [-0.05, 0) is 55.8 Å². The predicted molar refractivity (Wildman–Crippen MR) is 103 cm³/mol. The van der Waals surface area contributed by atoms with Crippen molar-refractivity contribution in [2.45, 2.75) is 25.8 Å². The summed E-state index contributed by atoms with van der Waals surface area (Å²) < 4.78 is 2.00. The van der Waals surface area contributed by atoms with E-state index in [2.05, 4.69) is 12.2 Å². The van der Waals surface area contributed by atoms with Gasteiger partial charge in [0.25, 0.3) is 5.91 Å². The number of aromatic nitrogens is 1. The second-order valence-corrected chi connectivity index (χ2v) is 6.82. The molecular formula is C21H21N3O2. The van der Waals surface area contributed by atoms with Crippen molar-refractivity contribution in [2.24, 2.45) is 7.05 Å². The number of nitrogens with zero attached hydrogens (tertiary/aromatic N) is 2. The molecule has 1 saturated heterocycles. The number of anilines is 2. The summed E-state index contributed by atoms with van der Waals surface area (Å²) in [5.74, 6) is 0.0187. The summed E-state index contributed by atoms with van der Waals surface area (Å²) in [6.07, 6.45) is 3.43. The highest BCUT2D eigenvalue weighted by molar-refractivity contribution is 6.12. The molecule has 1 unspecified atom stereocenters. The lowest BCUT2D eigenvalue weighted by molar-refractivity contribution is -0.117. The zero-order valence-corrected chi connectivity index (χ0v) is 14.9. The van der Waals surface area contributed by atoms with E-state index >= 15 is 0 Å².